The van der Waals surface area contributed by atoms with E-state index in [0.717, 1.165) is 6.42 Å². The number of amides is 2. The summed E-state index contributed by atoms with van der Waals surface area (Å²) in [4.78, 5) is 45.0. The molecule has 8 nitrogen and oxygen atoms in total. The minimum atomic E-state index is -0.616. The highest BCUT2D eigenvalue weighted by Crippen LogP contribution is 2.24. The number of rotatable bonds is 3. The first-order chi connectivity index (χ1) is 12.1. The van der Waals surface area contributed by atoms with E-state index in [1.807, 2.05) is 0 Å². The molecule has 2 N–H and O–H groups in total. The van der Waals surface area contributed by atoms with Crippen LogP contribution < -0.4 is 11.1 Å². The number of aromatic amines is 1. The fourth-order valence-electron chi connectivity index (χ4n) is 3.06. The van der Waals surface area contributed by atoms with Gasteiger partial charge in [-0.3, -0.25) is 14.6 Å². The van der Waals surface area contributed by atoms with Crippen molar-refractivity contribution in [3.05, 3.63) is 45.9 Å². The van der Waals surface area contributed by atoms with Gasteiger partial charge in [0, 0.05) is 18.1 Å². The van der Waals surface area contributed by atoms with Crippen molar-refractivity contribution < 1.29 is 14.0 Å². The Hall–Kier alpha value is -2.94. The molecule has 3 aromatic rings. The van der Waals surface area contributed by atoms with Crippen LogP contribution in [-0.2, 0) is 4.79 Å². The summed E-state index contributed by atoms with van der Waals surface area (Å²) in [7, 11) is 0. The molecule has 0 spiro atoms. The Kier molecular flexibility index (Phi) is 3.85. The topological polar surface area (TPSA) is 108 Å². The number of hydrogen-bond donors (Lipinski definition) is 2. The first kappa shape index (κ1) is 15.6. The molecule has 128 valence electrons. The van der Waals surface area contributed by atoms with Crippen LogP contribution in [0.3, 0.4) is 0 Å². The van der Waals surface area contributed by atoms with Gasteiger partial charge in [0.25, 0.3) is 5.91 Å². The van der Waals surface area contributed by atoms with Crippen LogP contribution in [0.5, 0.6) is 0 Å². The van der Waals surface area contributed by atoms with Gasteiger partial charge in [0.2, 0.25) is 5.91 Å². The van der Waals surface area contributed by atoms with Gasteiger partial charge in [-0.15, -0.1) is 11.3 Å². The minimum Gasteiger partial charge on any atom is -0.408 e. The van der Waals surface area contributed by atoms with E-state index < -0.39 is 11.8 Å². The molecule has 0 aliphatic carbocycles. The van der Waals surface area contributed by atoms with E-state index in [1.54, 1.807) is 29.8 Å². The zero-order valence-electron chi connectivity index (χ0n) is 13.0. The van der Waals surface area contributed by atoms with Gasteiger partial charge in [0.15, 0.2) is 10.7 Å². The van der Waals surface area contributed by atoms with Crippen LogP contribution in [0.2, 0.25) is 0 Å². The van der Waals surface area contributed by atoms with Crippen LogP contribution in [0.25, 0.3) is 11.1 Å². The second-order valence-corrected chi connectivity index (χ2v) is 6.57. The number of hydrogen-bond acceptors (Lipinski definition) is 6. The number of oxazole rings is 1. The first-order valence-corrected chi connectivity index (χ1v) is 8.64. The van der Waals surface area contributed by atoms with E-state index in [9.17, 15) is 14.4 Å². The number of nitrogens with zero attached hydrogens (tertiary/aromatic N) is 2. The van der Waals surface area contributed by atoms with Crippen molar-refractivity contribution in [3.63, 3.8) is 0 Å². The minimum absolute atomic E-state index is 0.256. The van der Waals surface area contributed by atoms with Crippen LogP contribution >= 0.6 is 11.3 Å². The maximum Gasteiger partial charge on any atom is 0.417 e. The molecule has 9 heteroatoms. The summed E-state index contributed by atoms with van der Waals surface area (Å²) in [6, 6.07) is 4.31. The lowest BCUT2D eigenvalue weighted by Crippen LogP contribution is -2.43. The monoisotopic (exact) mass is 358 g/mol. The second-order valence-electron chi connectivity index (χ2n) is 5.68. The highest BCUT2D eigenvalue weighted by Gasteiger charge is 2.35. The Morgan fingerprint density at radius 2 is 2.28 bits per heavy atom. The Bertz CT molecular complexity index is 991. The van der Waals surface area contributed by atoms with Gasteiger partial charge in [0.1, 0.15) is 6.04 Å². The maximum absolute atomic E-state index is 13.0. The highest BCUT2D eigenvalue weighted by molar-refractivity contribution is 7.13. The van der Waals surface area contributed by atoms with E-state index in [0.29, 0.717) is 34.8 Å². The summed E-state index contributed by atoms with van der Waals surface area (Å²) < 4.78 is 5.00. The Morgan fingerprint density at radius 3 is 3.08 bits per heavy atom. The van der Waals surface area contributed by atoms with Crippen LogP contribution in [0.15, 0.2) is 39.0 Å². The first-order valence-electron chi connectivity index (χ1n) is 7.76. The zero-order valence-corrected chi connectivity index (χ0v) is 13.8. The van der Waals surface area contributed by atoms with Crippen molar-refractivity contribution >= 4 is 39.4 Å². The molecule has 25 heavy (non-hydrogen) atoms. The number of likely N-dealkylation sites (tertiary alicyclic amines) is 1. The summed E-state index contributed by atoms with van der Waals surface area (Å²) >= 11 is 1.32. The third-order valence-corrected chi connectivity index (χ3v) is 4.85. The number of carbonyl (C=O) groups is 2. The van der Waals surface area contributed by atoms with E-state index >= 15 is 0 Å². The van der Waals surface area contributed by atoms with Gasteiger partial charge in [0.05, 0.1) is 11.1 Å². The van der Waals surface area contributed by atoms with Gasteiger partial charge < -0.3 is 14.6 Å². The molecule has 1 aliphatic heterocycles. The van der Waals surface area contributed by atoms with Gasteiger partial charge in [-0.2, -0.15) is 0 Å². The maximum atomic E-state index is 13.0. The number of anilines is 1. The largest absolute Gasteiger partial charge is 0.417 e. The third-order valence-electron chi connectivity index (χ3n) is 4.17. The molecule has 0 radical (unpaired) electrons. The molecule has 3 heterocycles. The molecule has 2 amide bonds. The Balaban J connectivity index is 1.62. The van der Waals surface area contributed by atoms with Crippen LogP contribution in [-0.4, -0.2) is 39.3 Å². The number of thiazole rings is 1. The van der Waals surface area contributed by atoms with Crippen molar-refractivity contribution in [2.75, 3.05) is 11.9 Å². The van der Waals surface area contributed by atoms with Gasteiger partial charge >= 0.3 is 5.76 Å². The molecule has 2 aromatic heterocycles. The lowest BCUT2D eigenvalue weighted by atomic mass is 10.1. The Morgan fingerprint density at radius 1 is 1.40 bits per heavy atom. The summed E-state index contributed by atoms with van der Waals surface area (Å²) in [6.45, 7) is 0.479. The number of carbonyl (C=O) groups excluding carboxylic acids is 2. The Labute approximate surface area is 145 Å². The number of fused-ring (bicyclic) bond motifs is 1. The molecule has 1 fully saturated rings. The summed E-state index contributed by atoms with van der Waals surface area (Å²) in [5, 5.41) is 5.01. The predicted molar refractivity (Wildman–Crippen MR) is 91.6 cm³/mol. The summed E-state index contributed by atoms with van der Waals surface area (Å²) in [5.41, 5.74) is 0.986. The number of nitrogens with one attached hydrogen (secondary N) is 2. The van der Waals surface area contributed by atoms with Crippen molar-refractivity contribution in [1.82, 2.24) is 14.9 Å². The van der Waals surface area contributed by atoms with E-state index in [1.165, 1.54) is 16.2 Å². The molecule has 4 rings (SSSR count). The van der Waals surface area contributed by atoms with E-state index in [4.69, 9.17) is 4.42 Å². The quantitative estimate of drug-likeness (QED) is 0.742. The van der Waals surface area contributed by atoms with Crippen LogP contribution in [0.4, 0.5) is 5.13 Å². The predicted octanol–water partition coefficient (Wildman–Crippen LogP) is 1.82. The fourth-order valence-corrected chi connectivity index (χ4v) is 3.59. The molecular formula is C16H14N4O4S. The molecule has 1 unspecified atom stereocenters. The van der Waals surface area contributed by atoms with Gasteiger partial charge in [-0.1, -0.05) is 6.07 Å². The SMILES string of the molecule is O=C(Nc1nccs1)C1CCCN1C(=O)c1cccc2oc(=O)[nH]c12. The molecule has 1 atom stereocenters. The lowest BCUT2D eigenvalue weighted by Gasteiger charge is -2.23. The van der Waals surface area contributed by atoms with Crippen LogP contribution in [0.1, 0.15) is 23.2 Å². The molecule has 1 aliphatic rings. The average Bonchev–Trinajstić information content (AvgIpc) is 3.32. The van der Waals surface area contributed by atoms with Gasteiger partial charge in [-0.05, 0) is 25.0 Å². The number of para-hydroxylation sites is 1. The zero-order chi connectivity index (χ0) is 17.4. The molecule has 0 bridgehead atoms. The fraction of sp³-hybridized carbons (Fsp3) is 0.250. The second kappa shape index (κ2) is 6.17. The van der Waals surface area contributed by atoms with E-state index in [-0.39, 0.29) is 11.8 Å². The molecule has 1 aromatic carbocycles. The van der Waals surface area contributed by atoms with Crippen LogP contribution in [0, 0.1) is 0 Å². The van der Waals surface area contributed by atoms with Gasteiger partial charge in [-0.25, -0.2) is 9.78 Å². The summed E-state index contributed by atoms with van der Waals surface area (Å²) in [6.07, 6.45) is 2.92. The van der Waals surface area contributed by atoms with Crippen molar-refractivity contribution in [2.45, 2.75) is 18.9 Å². The number of aromatic nitrogens is 2. The molecular weight excluding hydrogens is 344 g/mol. The van der Waals surface area contributed by atoms with Crippen molar-refractivity contribution in [2.24, 2.45) is 0 Å². The third kappa shape index (κ3) is 2.82. The lowest BCUT2D eigenvalue weighted by molar-refractivity contribution is -0.119. The molecule has 1 saturated heterocycles. The number of benzene rings is 1. The highest BCUT2D eigenvalue weighted by atomic mass is 32.1. The normalized spacial score (nSPS) is 17.1. The molecule has 0 saturated carbocycles. The average molecular weight is 358 g/mol. The standard InChI is InChI=1S/C16H14N4O4S/c21-13(19-15-17-6-8-25-15)10-4-2-7-20(10)14(22)9-3-1-5-11-12(9)18-16(23)24-11/h1,3,5-6,8,10H,2,4,7H2,(H,18,23)(H,17,19,21). The van der Waals surface area contributed by atoms with Crippen molar-refractivity contribution in [1.29, 1.82) is 0 Å². The van der Waals surface area contributed by atoms with Crippen molar-refractivity contribution in [3.8, 4) is 0 Å². The smallest absolute Gasteiger partial charge is 0.408 e. The number of H-pyrrole nitrogens is 1. The summed E-state index contributed by atoms with van der Waals surface area (Å²) in [5.74, 6) is -1.18. The van der Waals surface area contributed by atoms with E-state index in [2.05, 4.69) is 15.3 Å².